The number of fused-ring (bicyclic) bond motifs is 1. The normalized spacial score (nSPS) is 11.3. The summed E-state index contributed by atoms with van der Waals surface area (Å²) in [5.41, 5.74) is 1.44. The van der Waals surface area contributed by atoms with Crippen LogP contribution < -0.4 is 4.74 Å². The first kappa shape index (κ1) is 21.1. The maximum atomic E-state index is 12.8. The molecule has 0 spiro atoms. The van der Waals surface area contributed by atoms with Gasteiger partial charge in [-0.3, -0.25) is 4.79 Å². The van der Waals surface area contributed by atoms with Gasteiger partial charge in [-0.05, 0) is 43.3 Å². The van der Waals surface area contributed by atoms with Crippen molar-refractivity contribution in [3.8, 4) is 5.75 Å². The Balaban J connectivity index is 0.00000261. The lowest BCUT2D eigenvalue weighted by molar-refractivity contribution is -0.137. The number of thioether (sulfide) groups is 1. The Labute approximate surface area is 163 Å². The predicted octanol–water partition coefficient (Wildman–Crippen LogP) is 5.51. The molecule has 0 unspecified atom stereocenters. The van der Waals surface area contributed by atoms with Crippen molar-refractivity contribution in [2.75, 3.05) is 7.11 Å². The van der Waals surface area contributed by atoms with E-state index in [1.54, 1.807) is 18.2 Å². The van der Waals surface area contributed by atoms with Gasteiger partial charge >= 0.3 is 6.18 Å². The summed E-state index contributed by atoms with van der Waals surface area (Å²) in [7, 11) is 1.54. The maximum absolute atomic E-state index is 12.8. The highest BCUT2D eigenvalue weighted by Gasteiger charge is 2.30. The van der Waals surface area contributed by atoms with Crippen molar-refractivity contribution in [1.82, 2.24) is 9.97 Å². The van der Waals surface area contributed by atoms with E-state index in [1.165, 1.54) is 31.9 Å². The number of methoxy groups -OCH3 is 1. The standard InChI is InChI=1S/C18H15F3N2O2S.ClH/c1-10(24)11-3-6-16(25-2)12(7-11)9-26-17-22-14-5-4-13(18(19,20)21)8-15(14)23-17;/h3-8H,9H2,1-2H3,(H,22,23);1H. The van der Waals surface area contributed by atoms with E-state index in [1.807, 2.05) is 0 Å². The Bertz CT molecular complexity index is 973. The fraction of sp³-hybridized carbons (Fsp3) is 0.222. The minimum absolute atomic E-state index is 0. The number of hydrogen-bond donors (Lipinski definition) is 1. The molecule has 0 saturated heterocycles. The van der Waals surface area contributed by atoms with Crippen molar-refractivity contribution in [3.05, 3.63) is 53.1 Å². The Morgan fingerprint density at radius 3 is 2.59 bits per heavy atom. The molecule has 0 amide bonds. The van der Waals surface area contributed by atoms with Crippen LogP contribution in [0.15, 0.2) is 41.6 Å². The number of halogens is 4. The van der Waals surface area contributed by atoms with Crippen molar-refractivity contribution in [2.45, 2.75) is 24.0 Å². The number of benzene rings is 2. The van der Waals surface area contributed by atoms with Gasteiger partial charge in [0.25, 0.3) is 0 Å². The molecular formula is C18H16ClF3N2O2S. The number of hydrogen-bond acceptors (Lipinski definition) is 4. The van der Waals surface area contributed by atoms with Crippen LogP contribution in [-0.2, 0) is 11.9 Å². The number of nitrogens with one attached hydrogen (secondary N) is 1. The van der Waals surface area contributed by atoms with E-state index in [2.05, 4.69) is 9.97 Å². The number of carbonyl (C=O) groups is 1. The molecule has 0 aliphatic rings. The molecule has 1 N–H and O–H groups in total. The third-order valence-electron chi connectivity index (χ3n) is 3.84. The predicted molar refractivity (Wildman–Crippen MR) is 101 cm³/mol. The van der Waals surface area contributed by atoms with Gasteiger partial charge in [0.2, 0.25) is 0 Å². The summed E-state index contributed by atoms with van der Waals surface area (Å²) in [6.45, 7) is 1.48. The molecule has 0 aliphatic heterocycles. The first-order valence-electron chi connectivity index (χ1n) is 7.65. The number of Topliss-reactive ketones (excluding diaryl/α,β-unsaturated/α-hetero) is 1. The Morgan fingerprint density at radius 2 is 1.96 bits per heavy atom. The first-order chi connectivity index (χ1) is 12.3. The molecule has 9 heteroatoms. The van der Waals surface area contributed by atoms with Crippen LogP contribution in [0.4, 0.5) is 13.2 Å². The second kappa shape index (κ2) is 8.22. The summed E-state index contributed by atoms with van der Waals surface area (Å²) in [5.74, 6) is 1.04. The molecule has 0 fully saturated rings. The van der Waals surface area contributed by atoms with Gasteiger partial charge in [-0.1, -0.05) is 11.8 Å². The molecule has 2 aromatic carbocycles. The van der Waals surface area contributed by atoms with Crippen LogP contribution in [0, 0.1) is 0 Å². The van der Waals surface area contributed by atoms with E-state index in [4.69, 9.17) is 4.74 Å². The molecular weight excluding hydrogens is 401 g/mol. The zero-order chi connectivity index (χ0) is 18.9. The van der Waals surface area contributed by atoms with Gasteiger partial charge in [0.05, 0.1) is 23.7 Å². The monoisotopic (exact) mass is 416 g/mol. The van der Waals surface area contributed by atoms with Gasteiger partial charge < -0.3 is 9.72 Å². The highest BCUT2D eigenvalue weighted by atomic mass is 35.5. The number of imidazole rings is 1. The number of ether oxygens (including phenoxy) is 1. The van der Waals surface area contributed by atoms with Crippen LogP contribution in [0.2, 0.25) is 0 Å². The third kappa shape index (κ3) is 4.75. The second-order valence-electron chi connectivity index (χ2n) is 5.64. The fourth-order valence-electron chi connectivity index (χ4n) is 2.49. The van der Waals surface area contributed by atoms with E-state index >= 15 is 0 Å². The maximum Gasteiger partial charge on any atom is 0.416 e. The average molecular weight is 417 g/mol. The molecule has 27 heavy (non-hydrogen) atoms. The molecule has 0 atom stereocenters. The number of aromatic amines is 1. The highest BCUT2D eigenvalue weighted by molar-refractivity contribution is 7.98. The number of carbonyl (C=O) groups excluding carboxylic acids is 1. The summed E-state index contributed by atoms with van der Waals surface area (Å²) in [5, 5.41) is 0.495. The van der Waals surface area contributed by atoms with E-state index in [9.17, 15) is 18.0 Å². The van der Waals surface area contributed by atoms with Crippen molar-refractivity contribution < 1.29 is 22.7 Å². The van der Waals surface area contributed by atoms with Crippen LogP contribution in [0.1, 0.15) is 28.4 Å². The summed E-state index contributed by atoms with van der Waals surface area (Å²) < 4.78 is 43.7. The fourth-order valence-corrected chi connectivity index (χ4v) is 3.35. The van der Waals surface area contributed by atoms with Gasteiger partial charge in [-0.2, -0.15) is 13.2 Å². The molecule has 0 saturated carbocycles. The molecule has 1 heterocycles. The Hall–Kier alpha value is -2.19. The molecule has 144 valence electrons. The van der Waals surface area contributed by atoms with Crippen molar-refractivity contribution in [2.24, 2.45) is 0 Å². The lowest BCUT2D eigenvalue weighted by Crippen LogP contribution is -2.04. The van der Waals surface area contributed by atoms with Crippen molar-refractivity contribution in [3.63, 3.8) is 0 Å². The number of alkyl halides is 3. The second-order valence-corrected chi connectivity index (χ2v) is 6.61. The first-order valence-corrected chi connectivity index (χ1v) is 8.64. The molecule has 4 nitrogen and oxygen atoms in total. The summed E-state index contributed by atoms with van der Waals surface area (Å²) in [6, 6.07) is 8.56. The quantitative estimate of drug-likeness (QED) is 0.440. The zero-order valence-corrected chi connectivity index (χ0v) is 16.0. The number of H-pyrrole nitrogens is 1. The minimum atomic E-state index is -4.40. The van der Waals surface area contributed by atoms with Gasteiger partial charge in [-0.15, -0.1) is 12.4 Å². The summed E-state index contributed by atoms with van der Waals surface area (Å²) in [6.07, 6.45) is -4.40. The third-order valence-corrected chi connectivity index (χ3v) is 4.76. The van der Waals surface area contributed by atoms with E-state index in [0.29, 0.717) is 33.3 Å². The van der Waals surface area contributed by atoms with E-state index in [-0.39, 0.29) is 18.2 Å². The lowest BCUT2D eigenvalue weighted by Gasteiger charge is -2.08. The van der Waals surface area contributed by atoms with Crippen LogP contribution in [0.5, 0.6) is 5.75 Å². The Morgan fingerprint density at radius 1 is 1.22 bits per heavy atom. The molecule has 3 aromatic rings. The van der Waals surface area contributed by atoms with Crippen LogP contribution in [-0.4, -0.2) is 22.9 Å². The average Bonchev–Trinajstić information content (AvgIpc) is 3.00. The van der Waals surface area contributed by atoms with E-state index < -0.39 is 11.7 Å². The highest BCUT2D eigenvalue weighted by Crippen LogP contribution is 2.33. The molecule has 0 bridgehead atoms. The van der Waals surface area contributed by atoms with Crippen LogP contribution in [0.3, 0.4) is 0 Å². The number of aromatic nitrogens is 2. The topological polar surface area (TPSA) is 55.0 Å². The molecule has 0 radical (unpaired) electrons. The smallest absolute Gasteiger partial charge is 0.416 e. The molecule has 0 aliphatic carbocycles. The molecule has 1 aromatic heterocycles. The summed E-state index contributed by atoms with van der Waals surface area (Å²) in [4.78, 5) is 18.7. The Kier molecular flexibility index (Phi) is 6.43. The lowest BCUT2D eigenvalue weighted by atomic mass is 10.1. The van der Waals surface area contributed by atoms with Crippen LogP contribution >= 0.6 is 24.2 Å². The van der Waals surface area contributed by atoms with Crippen molar-refractivity contribution in [1.29, 1.82) is 0 Å². The van der Waals surface area contributed by atoms with Crippen molar-refractivity contribution >= 4 is 41.0 Å². The number of rotatable bonds is 5. The van der Waals surface area contributed by atoms with Gasteiger partial charge in [0.1, 0.15) is 5.75 Å². The van der Waals surface area contributed by atoms with Crippen LogP contribution in [0.25, 0.3) is 11.0 Å². The number of ketones is 1. The molecule has 3 rings (SSSR count). The van der Waals surface area contributed by atoms with Gasteiger partial charge in [-0.25, -0.2) is 4.98 Å². The number of nitrogens with zero attached hydrogens (tertiary/aromatic N) is 1. The zero-order valence-electron chi connectivity index (χ0n) is 14.4. The van der Waals surface area contributed by atoms with Gasteiger partial charge in [0.15, 0.2) is 10.9 Å². The van der Waals surface area contributed by atoms with E-state index in [0.717, 1.165) is 17.7 Å². The SMILES string of the molecule is COc1ccc(C(C)=O)cc1CSc1nc2ccc(C(F)(F)F)cc2[nH]1.Cl. The summed E-state index contributed by atoms with van der Waals surface area (Å²) >= 11 is 1.32. The minimum Gasteiger partial charge on any atom is -0.496 e. The van der Waals surface area contributed by atoms with Gasteiger partial charge in [0, 0.05) is 16.9 Å². The largest absolute Gasteiger partial charge is 0.496 e.